The molecule has 4 heteroatoms. The van der Waals surface area contributed by atoms with Crippen LogP contribution in [0.15, 0.2) is 5.38 Å². The Morgan fingerprint density at radius 3 is 2.87 bits per heavy atom. The molecule has 0 atom stereocenters. The molecule has 1 aliphatic carbocycles. The summed E-state index contributed by atoms with van der Waals surface area (Å²) in [5.74, 6) is -0.0734. The van der Waals surface area contributed by atoms with Gasteiger partial charge in [-0.05, 0) is 19.3 Å². The summed E-state index contributed by atoms with van der Waals surface area (Å²) in [7, 11) is 1.46. The highest BCUT2D eigenvalue weighted by molar-refractivity contribution is 7.09. The summed E-state index contributed by atoms with van der Waals surface area (Å²) in [6.45, 7) is 2.09. The van der Waals surface area contributed by atoms with Gasteiger partial charge in [0.05, 0.1) is 23.2 Å². The van der Waals surface area contributed by atoms with E-state index in [2.05, 4.69) is 17.3 Å². The molecule has 1 aliphatic rings. The fourth-order valence-corrected chi connectivity index (χ4v) is 2.72. The van der Waals surface area contributed by atoms with E-state index in [0.29, 0.717) is 0 Å². The molecule has 0 spiro atoms. The lowest BCUT2D eigenvalue weighted by atomic mass is 10.0. The van der Waals surface area contributed by atoms with E-state index >= 15 is 0 Å². The van der Waals surface area contributed by atoms with Crippen LogP contribution in [0.5, 0.6) is 0 Å². The minimum absolute atomic E-state index is 0.0734. The van der Waals surface area contributed by atoms with E-state index in [1.807, 2.05) is 0 Å². The Balaban J connectivity index is 2.05. The first-order valence-electron chi connectivity index (χ1n) is 5.22. The number of methoxy groups -OCH3 is 1. The van der Waals surface area contributed by atoms with E-state index in [0.717, 1.165) is 36.4 Å². The minimum atomic E-state index is -0.238. The van der Waals surface area contributed by atoms with Gasteiger partial charge in [-0.2, -0.15) is 0 Å². The molecule has 0 bridgehead atoms. The van der Waals surface area contributed by atoms with Crippen LogP contribution in [0.1, 0.15) is 30.5 Å². The van der Waals surface area contributed by atoms with E-state index in [1.165, 1.54) is 7.11 Å². The van der Waals surface area contributed by atoms with E-state index in [4.69, 9.17) is 4.74 Å². The average molecular weight is 225 g/mol. The van der Waals surface area contributed by atoms with E-state index in [-0.39, 0.29) is 11.4 Å². The minimum Gasteiger partial charge on any atom is -0.469 e. The number of rotatable bonds is 4. The molecule has 3 nitrogen and oxygen atoms in total. The summed E-state index contributed by atoms with van der Waals surface area (Å²) in [5.41, 5.74) is 0.883. The maximum absolute atomic E-state index is 11.5. The largest absolute Gasteiger partial charge is 0.469 e. The van der Waals surface area contributed by atoms with Gasteiger partial charge in [0.1, 0.15) is 0 Å². The number of hydrogen-bond acceptors (Lipinski definition) is 4. The first-order valence-corrected chi connectivity index (χ1v) is 6.10. The predicted molar refractivity (Wildman–Crippen MR) is 58.9 cm³/mol. The van der Waals surface area contributed by atoms with Gasteiger partial charge in [0, 0.05) is 11.8 Å². The summed E-state index contributed by atoms with van der Waals surface area (Å²) in [6, 6.07) is 0. The van der Waals surface area contributed by atoms with Crippen molar-refractivity contribution < 1.29 is 9.53 Å². The quantitative estimate of drug-likeness (QED) is 0.737. The number of thiazole rings is 1. The van der Waals surface area contributed by atoms with Gasteiger partial charge in [-0.1, -0.05) is 6.92 Å². The molecule has 2 rings (SSSR count). The third kappa shape index (κ3) is 2.04. The highest BCUT2D eigenvalue weighted by Crippen LogP contribution is 2.49. The zero-order valence-electron chi connectivity index (χ0n) is 9.08. The molecule has 0 N–H and O–H groups in total. The number of carbonyl (C=O) groups excluding carboxylic acids is 1. The summed E-state index contributed by atoms with van der Waals surface area (Å²) in [4.78, 5) is 16.0. The Labute approximate surface area is 93.5 Å². The lowest BCUT2D eigenvalue weighted by molar-refractivity contribution is -0.147. The van der Waals surface area contributed by atoms with Crippen molar-refractivity contribution in [3.05, 3.63) is 16.1 Å². The van der Waals surface area contributed by atoms with Crippen molar-refractivity contribution >= 4 is 17.3 Å². The highest BCUT2D eigenvalue weighted by Gasteiger charge is 2.51. The Bertz CT molecular complexity index is 368. The Kier molecular flexibility index (Phi) is 2.78. The molecule has 1 aromatic rings. The SMILES string of the molecule is CCc1csc(CC2(C(=O)OC)CC2)n1. The summed E-state index contributed by atoms with van der Waals surface area (Å²) in [6.07, 6.45) is 3.60. The number of aryl methyl sites for hydroxylation is 1. The molecule has 0 amide bonds. The summed E-state index contributed by atoms with van der Waals surface area (Å²) >= 11 is 1.65. The molecule has 0 aromatic carbocycles. The maximum Gasteiger partial charge on any atom is 0.312 e. The number of ether oxygens (including phenoxy) is 1. The van der Waals surface area contributed by atoms with Gasteiger partial charge in [0.15, 0.2) is 0 Å². The van der Waals surface area contributed by atoms with Gasteiger partial charge in [-0.3, -0.25) is 4.79 Å². The lowest BCUT2D eigenvalue weighted by Gasteiger charge is -2.09. The number of hydrogen-bond donors (Lipinski definition) is 0. The standard InChI is InChI=1S/C11H15NO2S/c1-3-8-7-15-9(12-8)6-11(4-5-11)10(13)14-2/h7H,3-6H2,1-2H3. The Morgan fingerprint density at radius 1 is 1.67 bits per heavy atom. The summed E-state index contributed by atoms with van der Waals surface area (Å²) in [5, 5.41) is 3.14. The van der Waals surface area contributed by atoms with Gasteiger partial charge in [-0.15, -0.1) is 11.3 Å². The normalized spacial score (nSPS) is 17.5. The molecule has 1 saturated carbocycles. The third-order valence-corrected chi connectivity index (χ3v) is 3.82. The topological polar surface area (TPSA) is 39.2 Å². The maximum atomic E-state index is 11.5. The second-order valence-corrected chi connectivity index (χ2v) is 4.98. The molecule has 1 fully saturated rings. The molecule has 82 valence electrons. The first kappa shape index (κ1) is 10.6. The number of carbonyl (C=O) groups is 1. The van der Waals surface area contributed by atoms with Gasteiger partial charge in [-0.25, -0.2) is 4.98 Å². The van der Waals surface area contributed by atoms with Crippen LogP contribution in [0.3, 0.4) is 0 Å². The number of esters is 1. The van der Waals surface area contributed by atoms with Crippen LogP contribution in [0, 0.1) is 5.41 Å². The molecular weight excluding hydrogens is 210 g/mol. The van der Waals surface area contributed by atoms with Crippen molar-refractivity contribution in [1.82, 2.24) is 4.98 Å². The average Bonchev–Trinajstić information content (AvgIpc) is 2.89. The molecule has 0 radical (unpaired) electrons. The van der Waals surface area contributed by atoms with Crippen LogP contribution >= 0.6 is 11.3 Å². The Morgan fingerprint density at radius 2 is 2.40 bits per heavy atom. The van der Waals surface area contributed by atoms with Crippen molar-refractivity contribution in [2.75, 3.05) is 7.11 Å². The van der Waals surface area contributed by atoms with Gasteiger partial charge in [0.2, 0.25) is 0 Å². The van der Waals surface area contributed by atoms with Crippen molar-refractivity contribution in [1.29, 1.82) is 0 Å². The zero-order valence-corrected chi connectivity index (χ0v) is 9.89. The van der Waals surface area contributed by atoms with Crippen LogP contribution < -0.4 is 0 Å². The monoisotopic (exact) mass is 225 g/mol. The smallest absolute Gasteiger partial charge is 0.312 e. The van der Waals surface area contributed by atoms with Crippen molar-refractivity contribution in [2.24, 2.45) is 5.41 Å². The molecule has 0 saturated heterocycles. The second-order valence-electron chi connectivity index (χ2n) is 4.03. The molecular formula is C11H15NO2S. The van der Waals surface area contributed by atoms with E-state index in [9.17, 15) is 4.79 Å². The van der Waals surface area contributed by atoms with E-state index < -0.39 is 0 Å². The Hall–Kier alpha value is -0.900. The highest BCUT2D eigenvalue weighted by atomic mass is 32.1. The van der Waals surface area contributed by atoms with E-state index in [1.54, 1.807) is 11.3 Å². The van der Waals surface area contributed by atoms with Crippen LogP contribution in [0.25, 0.3) is 0 Å². The number of nitrogens with zero attached hydrogens (tertiary/aromatic N) is 1. The molecule has 15 heavy (non-hydrogen) atoms. The predicted octanol–water partition coefficient (Wildman–Crippen LogP) is 2.20. The van der Waals surface area contributed by atoms with Gasteiger partial charge < -0.3 is 4.74 Å². The van der Waals surface area contributed by atoms with Gasteiger partial charge in [0.25, 0.3) is 0 Å². The molecule has 1 aromatic heterocycles. The third-order valence-electron chi connectivity index (χ3n) is 2.92. The fraction of sp³-hybridized carbons (Fsp3) is 0.636. The van der Waals surface area contributed by atoms with Crippen molar-refractivity contribution in [3.8, 4) is 0 Å². The summed E-state index contributed by atoms with van der Waals surface area (Å²) < 4.78 is 4.82. The van der Waals surface area contributed by atoms with Crippen LogP contribution in [0.4, 0.5) is 0 Å². The first-order chi connectivity index (χ1) is 7.20. The van der Waals surface area contributed by atoms with Crippen LogP contribution in [-0.2, 0) is 22.4 Å². The second kappa shape index (κ2) is 3.93. The zero-order chi connectivity index (χ0) is 10.9. The van der Waals surface area contributed by atoms with Crippen molar-refractivity contribution in [3.63, 3.8) is 0 Å². The molecule has 0 aliphatic heterocycles. The van der Waals surface area contributed by atoms with Crippen LogP contribution in [0.2, 0.25) is 0 Å². The van der Waals surface area contributed by atoms with Crippen LogP contribution in [-0.4, -0.2) is 18.1 Å². The van der Waals surface area contributed by atoms with Gasteiger partial charge >= 0.3 is 5.97 Å². The molecule has 0 unspecified atom stereocenters. The molecule has 1 heterocycles. The lowest BCUT2D eigenvalue weighted by Crippen LogP contribution is -2.19. The number of aromatic nitrogens is 1. The fourth-order valence-electron chi connectivity index (χ4n) is 1.70. The van der Waals surface area contributed by atoms with Crippen molar-refractivity contribution in [2.45, 2.75) is 32.6 Å².